The van der Waals surface area contributed by atoms with Crippen LogP contribution in [0.1, 0.15) is 31.1 Å². The van der Waals surface area contributed by atoms with Gasteiger partial charge in [0.1, 0.15) is 12.1 Å². The second-order valence-corrected chi connectivity index (χ2v) is 6.02. The van der Waals surface area contributed by atoms with Crippen molar-refractivity contribution in [3.8, 4) is 0 Å². The van der Waals surface area contributed by atoms with Crippen LogP contribution in [0.4, 0.5) is 0 Å². The van der Waals surface area contributed by atoms with Gasteiger partial charge in [0.05, 0.1) is 12.1 Å². The number of nitrogens with zero attached hydrogens (tertiary/aromatic N) is 3. The van der Waals surface area contributed by atoms with Crippen molar-refractivity contribution >= 4 is 23.2 Å². The van der Waals surface area contributed by atoms with Gasteiger partial charge in [0.2, 0.25) is 11.8 Å². The molecule has 2 atom stereocenters. The Kier molecular flexibility index (Phi) is 3.26. The maximum absolute atomic E-state index is 12.6. The first-order valence-electron chi connectivity index (χ1n) is 6.70. The fraction of sp³-hybridized carbons (Fsp3) is 0.615. The van der Waals surface area contributed by atoms with E-state index in [1.807, 2.05) is 6.92 Å². The Morgan fingerprint density at radius 1 is 1.42 bits per heavy atom. The molecule has 2 amide bonds. The summed E-state index contributed by atoms with van der Waals surface area (Å²) in [6.07, 6.45) is 4.19. The SMILES string of the molecule is CCC1C(=O)N2CCCC2C(=O)N1Cc1cncs1. The molecule has 3 rings (SSSR count). The lowest BCUT2D eigenvalue weighted by molar-refractivity contribution is -0.160. The first kappa shape index (κ1) is 12.6. The third-order valence-electron chi connectivity index (χ3n) is 3.96. The van der Waals surface area contributed by atoms with Gasteiger partial charge in [0.25, 0.3) is 0 Å². The van der Waals surface area contributed by atoms with Crippen molar-refractivity contribution in [2.24, 2.45) is 0 Å². The van der Waals surface area contributed by atoms with E-state index in [2.05, 4.69) is 4.98 Å². The van der Waals surface area contributed by atoms with E-state index < -0.39 is 0 Å². The van der Waals surface area contributed by atoms with Crippen LogP contribution in [0.25, 0.3) is 0 Å². The summed E-state index contributed by atoms with van der Waals surface area (Å²) in [6, 6.07) is -0.521. The average Bonchev–Trinajstić information content (AvgIpc) is 3.07. The number of piperazine rings is 1. The van der Waals surface area contributed by atoms with Crippen LogP contribution >= 0.6 is 11.3 Å². The minimum absolute atomic E-state index is 0.109. The number of carbonyl (C=O) groups excluding carboxylic acids is 2. The molecule has 0 N–H and O–H groups in total. The highest BCUT2D eigenvalue weighted by molar-refractivity contribution is 7.09. The fourth-order valence-corrected chi connectivity index (χ4v) is 3.62. The van der Waals surface area contributed by atoms with Gasteiger partial charge < -0.3 is 9.80 Å². The lowest BCUT2D eigenvalue weighted by atomic mass is 10.0. The van der Waals surface area contributed by atoms with Gasteiger partial charge in [-0.2, -0.15) is 0 Å². The van der Waals surface area contributed by atoms with Gasteiger partial charge in [0, 0.05) is 17.6 Å². The molecule has 0 aromatic carbocycles. The maximum atomic E-state index is 12.6. The van der Waals surface area contributed by atoms with Crippen LogP contribution < -0.4 is 0 Å². The summed E-state index contributed by atoms with van der Waals surface area (Å²) in [6.45, 7) is 3.21. The highest BCUT2D eigenvalue weighted by atomic mass is 32.1. The largest absolute Gasteiger partial charge is 0.329 e. The quantitative estimate of drug-likeness (QED) is 0.837. The number of hydrogen-bond acceptors (Lipinski definition) is 4. The second kappa shape index (κ2) is 4.92. The molecule has 19 heavy (non-hydrogen) atoms. The second-order valence-electron chi connectivity index (χ2n) is 5.05. The van der Waals surface area contributed by atoms with Crippen LogP contribution in [0.2, 0.25) is 0 Å². The molecular formula is C13H17N3O2S. The van der Waals surface area contributed by atoms with Gasteiger partial charge in [-0.3, -0.25) is 14.6 Å². The van der Waals surface area contributed by atoms with Crippen LogP contribution in [0.15, 0.2) is 11.7 Å². The van der Waals surface area contributed by atoms with E-state index in [0.29, 0.717) is 13.0 Å². The summed E-state index contributed by atoms with van der Waals surface area (Å²) in [7, 11) is 0. The molecule has 2 aliphatic heterocycles. The summed E-state index contributed by atoms with van der Waals surface area (Å²) in [5.41, 5.74) is 1.76. The zero-order chi connectivity index (χ0) is 13.4. The van der Waals surface area contributed by atoms with E-state index in [0.717, 1.165) is 24.3 Å². The molecule has 0 spiro atoms. The standard InChI is InChI=1S/C13H17N3O2S/c1-2-10-12(17)15-5-3-4-11(15)13(18)16(10)7-9-6-14-8-19-9/h6,8,10-11H,2-5,7H2,1H3. The Morgan fingerprint density at radius 3 is 2.95 bits per heavy atom. The van der Waals surface area contributed by atoms with Gasteiger partial charge in [-0.15, -0.1) is 11.3 Å². The molecule has 3 heterocycles. The smallest absolute Gasteiger partial charge is 0.246 e. The number of hydrogen-bond donors (Lipinski definition) is 0. The lowest BCUT2D eigenvalue weighted by Crippen LogP contribution is -2.62. The monoisotopic (exact) mass is 279 g/mol. The Balaban J connectivity index is 1.87. The van der Waals surface area contributed by atoms with Crippen molar-refractivity contribution in [2.45, 2.75) is 44.8 Å². The van der Waals surface area contributed by atoms with E-state index in [1.165, 1.54) is 11.3 Å². The van der Waals surface area contributed by atoms with Crippen molar-refractivity contribution in [1.82, 2.24) is 14.8 Å². The molecular weight excluding hydrogens is 262 g/mol. The minimum atomic E-state index is -0.302. The third kappa shape index (κ3) is 2.04. The molecule has 2 unspecified atom stereocenters. The summed E-state index contributed by atoms with van der Waals surface area (Å²) < 4.78 is 0. The first-order chi connectivity index (χ1) is 9.22. The Labute approximate surface area is 116 Å². The molecule has 1 aromatic rings. The molecule has 0 radical (unpaired) electrons. The minimum Gasteiger partial charge on any atom is -0.329 e. The average molecular weight is 279 g/mol. The molecule has 0 saturated carbocycles. The third-order valence-corrected chi connectivity index (χ3v) is 4.73. The first-order valence-corrected chi connectivity index (χ1v) is 7.58. The summed E-state index contributed by atoms with van der Waals surface area (Å²) >= 11 is 1.53. The van der Waals surface area contributed by atoms with Gasteiger partial charge in [-0.05, 0) is 19.3 Å². The molecule has 1 aromatic heterocycles. The van der Waals surface area contributed by atoms with E-state index >= 15 is 0 Å². The normalized spacial score (nSPS) is 27.0. The highest BCUT2D eigenvalue weighted by Gasteiger charge is 2.46. The molecule has 2 saturated heterocycles. The molecule has 6 heteroatoms. The van der Waals surface area contributed by atoms with Crippen molar-refractivity contribution < 1.29 is 9.59 Å². The predicted octanol–water partition coefficient (Wildman–Crippen LogP) is 1.25. The highest BCUT2D eigenvalue weighted by Crippen LogP contribution is 2.29. The lowest BCUT2D eigenvalue weighted by Gasteiger charge is -2.41. The van der Waals surface area contributed by atoms with Gasteiger partial charge in [0.15, 0.2) is 0 Å². The van der Waals surface area contributed by atoms with Crippen LogP contribution in [-0.2, 0) is 16.1 Å². The molecule has 0 bridgehead atoms. The summed E-state index contributed by atoms with van der Waals surface area (Å²) in [5, 5.41) is 0. The summed E-state index contributed by atoms with van der Waals surface area (Å²) in [4.78, 5) is 33.6. The van der Waals surface area contributed by atoms with Crippen molar-refractivity contribution in [2.75, 3.05) is 6.54 Å². The van der Waals surface area contributed by atoms with Gasteiger partial charge in [-0.1, -0.05) is 6.92 Å². The van der Waals surface area contributed by atoms with Crippen LogP contribution in [-0.4, -0.2) is 45.2 Å². The van der Waals surface area contributed by atoms with Crippen molar-refractivity contribution in [3.05, 3.63) is 16.6 Å². The number of fused-ring (bicyclic) bond motifs is 1. The van der Waals surface area contributed by atoms with E-state index in [1.54, 1.807) is 21.5 Å². The molecule has 0 aliphatic carbocycles. The van der Waals surface area contributed by atoms with Crippen LogP contribution in [0.3, 0.4) is 0 Å². The number of rotatable bonds is 3. The summed E-state index contributed by atoms with van der Waals surface area (Å²) in [5.74, 6) is 0.228. The van der Waals surface area contributed by atoms with E-state index in [4.69, 9.17) is 0 Å². The number of thiazole rings is 1. The number of carbonyl (C=O) groups is 2. The molecule has 5 nitrogen and oxygen atoms in total. The Bertz CT molecular complexity index is 488. The predicted molar refractivity (Wildman–Crippen MR) is 71.5 cm³/mol. The van der Waals surface area contributed by atoms with E-state index in [9.17, 15) is 9.59 Å². The topological polar surface area (TPSA) is 53.5 Å². The van der Waals surface area contributed by atoms with Crippen LogP contribution in [0.5, 0.6) is 0 Å². The Hall–Kier alpha value is -1.43. The zero-order valence-corrected chi connectivity index (χ0v) is 11.7. The van der Waals surface area contributed by atoms with E-state index in [-0.39, 0.29) is 23.9 Å². The molecule has 102 valence electrons. The zero-order valence-electron chi connectivity index (χ0n) is 10.9. The number of aromatic nitrogens is 1. The van der Waals surface area contributed by atoms with Gasteiger partial charge >= 0.3 is 0 Å². The fourth-order valence-electron chi connectivity index (χ4n) is 3.03. The van der Waals surface area contributed by atoms with Crippen LogP contribution in [0, 0.1) is 0 Å². The van der Waals surface area contributed by atoms with Crippen molar-refractivity contribution in [1.29, 1.82) is 0 Å². The maximum Gasteiger partial charge on any atom is 0.246 e. The Morgan fingerprint density at radius 2 is 2.26 bits per heavy atom. The van der Waals surface area contributed by atoms with Gasteiger partial charge in [-0.25, -0.2) is 0 Å². The van der Waals surface area contributed by atoms with Crippen molar-refractivity contribution in [3.63, 3.8) is 0 Å². The molecule has 2 fully saturated rings. The molecule has 2 aliphatic rings. The number of amides is 2.